The predicted molar refractivity (Wildman–Crippen MR) is 93.2 cm³/mol. The molecule has 0 unspecified atom stereocenters. The van der Waals surface area contributed by atoms with Gasteiger partial charge in [0.2, 0.25) is 0 Å². The minimum absolute atomic E-state index is 0.0213. The number of halogens is 3. The zero-order valence-electron chi connectivity index (χ0n) is 15.2. The number of carboxylic acid groups (broad SMARTS) is 1. The zero-order valence-corrected chi connectivity index (χ0v) is 15.2. The fourth-order valence-corrected chi connectivity index (χ4v) is 3.39. The SMILES string of the molecule is CC(C)C1=C(COc2ccc(CCC(=O)O)c(C(F)(F)F)c2)CCCC1. The van der Waals surface area contributed by atoms with Crippen LogP contribution in [0, 0.1) is 5.92 Å². The molecule has 1 aromatic rings. The van der Waals surface area contributed by atoms with Crippen LogP contribution in [0.2, 0.25) is 0 Å². The third-order valence-corrected chi connectivity index (χ3v) is 4.73. The highest BCUT2D eigenvalue weighted by atomic mass is 19.4. The first kappa shape index (κ1) is 20.3. The summed E-state index contributed by atoms with van der Waals surface area (Å²) in [7, 11) is 0. The summed E-state index contributed by atoms with van der Waals surface area (Å²) in [5.41, 5.74) is 1.70. The number of hydrogen-bond acceptors (Lipinski definition) is 2. The molecule has 0 amide bonds. The molecular weight excluding hydrogens is 345 g/mol. The number of aliphatic carboxylic acids is 1. The van der Waals surface area contributed by atoms with Gasteiger partial charge in [0.15, 0.2) is 0 Å². The molecule has 0 fully saturated rings. The summed E-state index contributed by atoms with van der Waals surface area (Å²) in [4.78, 5) is 10.7. The van der Waals surface area contributed by atoms with Gasteiger partial charge in [0.25, 0.3) is 0 Å². The summed E-state index contributed by atoms with van der Waals surface area (Å²) < 4.78 is 45.6. The lowest BCUT2D eigenvalue weighted by atomic mass is 9.86. The van der Waals surface area contributed by atoms with Crippen LogP contribution in [0.5, 0.6) is 5.75 Å². The van der Waals surface area contributed by atoms with Crippen LogP contribution >= 0.6 is 0 Å². The topological polar surface area (TPSA) is 46.5 Å². The Morgan fingerprint density at radius 2 is 1.92 bits per heavy atom. The highest BCUT2D eigenvalue weighted by Crippen LogP contribution is 2.36. The summed E-state index contributed by atoms with van der Waals surface area (Å²) in [6, 6.07) is 3.79. The van der Waals surface area contributed by atoms with E-state index in [1.165, 1.54) is 23.3 Å². The molecule has 1 N–H and O–H groups in total. The molecule has 0 aliphatic heterocycles. The van der Waals surface area contributed by atoms with Crippen molar-refractivity contribution in [3.63, 3.8) is 0 Å². The van der Waals surface area contributed by atoms with Crippen LogP contribution in [0.4, 0.5) is 13.2 Å². The molecule has 0 saturated heterocycles. The molecule has 26 heavy (non-hydrogen) atoms. The van der Waals surface area contributed by atoms with Gasteiger partial charge in [-0.15, -0.1) is 0 Å². The van der Waals surface area contributed by atoms with Gasteiger partial charge < -0.3 is 9.84 Å². The monoisotopic (exact) mass is 370 g/mol. The third kappa shape index (κ3) is 5.51. The molecule has 1 aliphatic rings. The Morgan fingerprint density at radius 3 is 2.54 bits per heavy atom. The van der Waals surface area contributed by atoms with Gasteiger partial charge in [-0.3, -0.25) is 4.79 Å². The minimum Gasteiger partial charge on any atom is -0.489 e. The van der Waals surface area contributed by atoms with Crippen molar-refractivity contribution in [1.82, 2.24) is 0 Å². The maximum absolute atomic E-state index is 13.3. The van der Waals surface area contributed by atoms with Gasteiger partial charge in [0, 0.05) is 6.42 Å². The van der Waals surface area contributed by atoms with Gasteiger partial charge >= 0.3 is 12.1 Å². The highest BCUT2D eigenvalue weighted by Gasteiger charge is 2.33. The number of ether oxygens (including phenoxy) is 1. The van der Waals surface area contributed by atoms with Crippen molar-refractivity contribution in [2.75, 3.05) is 6.61 Å². The molecule has 1 aromatic carbocycles. The van der Waals surface area contributed by atoms with Crippen LogP contribution in [0.3, 0.4) is 0 Å². The Kier molecular flexibility index (Phi) is 6.73. The molecule has 6 heteroatoms. The van der Waals surface area contributed by atoms with Gasteiger partial charge in [0.05, 0.1) is 5.56 Å². The normalized spacial score (nSPS) is 15.5. The minimum atomic E-state index is -4.54. The Balaban J connectivity index is 2.18. The number of carboxylic acids is 1. The molecule has 0 bridgehead atoms. The first-order chi connectivity index (χ1) is 12.2. The number of allylic oxidation sites excluding steroid dienone is 1. The van der Waals surface area contributed by atoms with Crippen LogP contribution in [0.25, 0.3) is 0 Å². The fraction of sp³-hybridized carbons (Fsp3) is 0.550. The van der Waals surface area contributed by atoms with Crippen molar-refractivity contribution in [2.24, 2.45) is 5.92 Å². The summed E-state index contributed by atoms with van der Waals surface area (Å²) in [5, 5.41) is 8.71. The molecule has 0 spiro atoms. The van der Waals surface area contributed by atoms with E-state index in [2.05, 4.69) is 13.8 Å². The van der Waals surface area contributed by atoms with Crippen molar-refractivity contribution in [3.8, 4) is 5.75 Å². The number of rotatable bonds is 7. The lowest BCUT2D eigenvalue weighted by Gasteiger charge is -2.23. The molecule has 0 atom stereocenters. The predicted octanol–water partition coefficient (Wildman–Crippen LogP) is 5.63. The number of aryl methyl sites for hydroxylation is 1. The molecule has 0 aromatic heterocycles. The van der Waals surface area contributed by atoms with Crippen LogP contribution in [0.15, 0.2) is 29.3 Å². The van der Waals surface area contributed by atoms with Crippen LogP contribution < -0.4 is 4.74 Å². The van der Waals surface area contributed by atoms with Crippen molar-refractivity contribution < 1.29 is 27.8 Å². The standard InChI is InChI=1S/C20H25F3O3/c1-13(2)17-6-4-3-5-15(17)12-26-16-9-7-14(8-10-19(24)25)18(11-16)20(21,22)23/h7,9,11,13H,3-6,8,10,12H2,1-2H3,(H,24,25). The smallest absolute Gasteiger partial charge is 0.416 e. The second-order valence-electron chi connectivity index (χ2n) is 6.99. The summed E-state index contributed by atoms with van der Waals surface area (Å²) in [6.07, 6.45) is -0.861. The first-order valence-corrected chi connectivity index (χ1v) is 8.94. The molecule has 144 valence electrons. The van der Waals surface area contributed by atoms with E-state index in [0.717, 1.165) is 31.7 Å². The third-order valence-electron chi connectivity index (χ3n) is 4.73. The average molecular weight is 370 g/mol. The lowest BCUT2D eigenvalue weighted by molar-refractivity contribution is -0.140. The Labute approximate surface area is 151 Å². The van der Waals surface area contributed by atoms with Crippen molar-refractivity contribution >= 4 is 5.97 Å². The number of alkyl halides is 3. The van der Waals surface area contributed by atoms with Gasteiger partial charge in [-0.2, -0.15) is 13.2 Å². The molecule has 1 aliphatic carbocycles. The van der Waals surface area contributed by atoms with E-state index in [9.17, 15) is 18.0 Å². The largest absolute Gasteiger partial charge is 0.489 e. The maximum Gasteiger partial charge on any atom is 0.416 e. The van der Waals surface area contributed by atoms with E-state index in [1.54, 1.807) is 0 Å². The second-order valence-corrected chi connectivity index (χ2v) is 6.99. The van der Waals surface area contributed by atoms with E-state index in [-0.39, 0.29) is 24.2 Å². The molecule has 3 nitrogen and oxygen atoms in total. The molecule has 0 saturated carbocycles. The zero-order chi connectivity index (χ0) is 19.3. The fourth-order valence-electron chi connectivity index (χ4n) is 3.39. The van der Waals surface area contributed by atoms with Crippen molar-refractivity contribution in [1.29, 1.82) is 0 Å². The Bertz CT molecular complexity index is 675. The number of carbonyl (C=O) groups is 1. The highest BCUT2D eigenvalue weighted by molar-refractivity contribution is 5.67. The van der Waals surface area contributed by atoms with Gasteiger partial charge in [-0.05, 0) is 61.3 Å². The van der Waals surface area contributed by atoms with E-state index < -0.39 is 17.7 Å². The van der Waals surface area contributed by atoms with E-state index >= 15 is 0 Å². The summed E-state index contributed by atoms with van der Waals surface area (Å²) >= 11 is 0. The molecule has 0 radical (unpaired) electrons. The van der Waals surface area contributed by atoms with Crippen molar-refractivity contribution in [2.45, 2.75) is 58.5 Å². The van der Waals surface area contributed by atoms with Crippen LogP contribution in [-0.4, -0.2) is 17.7 Å². The Morgan fingerprint density at radius 1 is 1.23 bits per heavy atom. The molecule has 0 heterocycles. The van der Waals surface area contributed by atoms with E-state index in [1.807, 2.05) is 0 Å². The second kappa shape index (κ2) is 8.60. The van der Waals surface area contributed by atoms with Gasteiger partial charge in [0.1, 0.15) is 12.4 Å². The summed E-state index contributed by atoms with van der Waals surface area (Å²) in [5.74, 6) is -0.542. The molecular formula is C20H25F3O3. The van der Waals surface area contributed by atoms with Crippen molar-refractivity contribution in [3.05, 3.63) is 40.5 Å². The number of benzene rings is 1. The van der Waals surface area contributed by atoms with E-state index in [0.29, 0.717) is 12.5 Å². The average Bonchev–Trinajstić information content (AvgIpc) is 2.57. The van der Waals surface area contributed by atoms with Crippen LogP contribution in [0.1, 0.15) is 57.1 Å². The maximum atomic E-state index is 13.3. The Hall–Kier alpha value is -1.98. The number of hydrogen-bond donors (Lipinski definition) is 1. The van der Waals surface area contributed by atoms with Crippen LogP contribution in [-0.2, 0) is 17.4 Å². The van der Waals surface area contributed by atoms with E-state index in [4.69, 9.17) is 9.84 Å². The van der Waals surface area contributed by atoms with Gasteiger partial charge in [-0.1, -0.05) is 25.5 Å². The lowest BCUT2D eigenvalue weighted by Crippen LogP contribution is -2.13. The summed E-state index contributed by atoms with van der Waals surface area (Å²) in [6.45, 7) is 4.55. The molecule has 2 rings (SSSR count). The first-order valence-electron chi connectivity index (χ1n) is 8.94. The van der Waals surface area contributed by atoms with Gasteiger partial charge in [-0.25, -0.2) is 0 Å². The quantitative estimate of drug-likeness (QED) is 0.633.